The summed E-state index contributed by atoms with van der Waals surface area (Å²) >= 11 is 0. The van der Waals surface area contributed by atoms with E-state index in [1.807, 2.05) is 27.7 Å². The lowest BCUT2D eigenvalue weighted by Gasteiger charge is -2.35. The smallest absolute Gasteiger partial charge is 0.0236 e. The molecule has 3 aliphatic heterocycles. The minimum atomic E-state index is 0.832. The van der Waals surface area contributed by atoms with Crippen molar-refractivity contribution in [3.05, 3.63) is 108 Å². The Hall–Kier alpha value is -2.46. The fourth-order valence-electron chi connectivity index (χ4n) is 8.24. The first-order chi connectivity index (χ1) is 25.7. The Morgan fingerprint density at radius 3 is 0.865 bits per heavy atom. The first kappa shape index (κ1) is 45.7. The first-order valence-corrected chi connectivity index (χ1v) is 22.0. The number of benzene rings is 3. The van der Waals surface area contributed by atoms with Gasteiger partial charge >= 0.3 is 0 Å². The summed E-state index contributed by atoms with van der Waals surface area (Å²) in [6, 6.07) is 35.2. The predicted molar refractivity (Wildman–Crippen MR) is 231 cm³/mol. The molecule has 6 rings (SSSR count). The highest BCUT2D eigenvalue weighted by atomic mass is 15.2. The molecule has 3 aliphatic rings. The number of hydrogen-bond donors (Lipinski definition) is 0. The van der Waals surface area contributed by atoms with Gasteiger partial charge in [0.05, 0.1) is 0 Å². The van der Waals surface area contributed by atoms with Gasteiger partial charge in [0.15, 0.2) is 0 Å². The van der Waals surface area contributed by atoms with Crippen LogP contribution in [0.15, 0.2) is 91.0 Å². The lowest BCUT2D eigenvalue weighted by atomic mass is 9.97. The second-order valence-corrected chi connectivity index (χ2v) is 14.7. The van der Waals surface area contributed by atoms with Crippen LogP contribution in [0, 0.1) is 0 Å². The summed E-state index contributed by atoms with van der Waals surface area (Å²) in [6.45, 7) is 22.2. The van der Waals surface area contributed by atoms with Gasteiger partial charge in [-0.3, -0.25) is 14.7 Å². The molecule has 3 heterocycles. The minimum Gasteiger partial charge on any atom is -0.296 e. The van der Waals surface area contributed by atoms with Gasteiger partial charge in [-0.05, 0) is 94.1 Å². The van der Waals surface area contributed by atoms with Gasteiger partial charge in [0.1, 0.15) is 0 Å². The Kier molecular flexibility index (Phi) is 26.3. The average Bonchev–Trinajstić information content (AvgIpc) is 3.21. The van der Waals surface area contributed by atoms with Crippen LogP contribution in [-0.4, -0.2) is 52.5 Å². The van der Waals surface area contributed by atoms with E-state index in [0.717, 1.165) is 37.8 Å². The molecule has 292 valence electrons. The van der Waals surface area contributed by atoms with Gasteiger partial charge in [0.2, 0.25) is 0 Å². The van der Waals surface area contributed by atoms with E-state index in [1.165, 1.54) is 133 Å². The lowest BCUT2D eigenvalue weighted by Crippen LogP contribution is -2.38. The zero-order chi connectivity index (χ0) is 37.7. The molecule has 52 heavy (non-hydrogen) atoms. The number of likely N-dealkylation sites (tertiary alicyclic amines) is 3. The third-order valence-electron chi connectivity index (χ3n) is 10.8. The third-order valence-corrected chi connectivity index (χ3v) is 10.8. The van der Waals surface area contributed by atoms with Crippen molar-refractivity contribution in [3.63, 3.8) is 0 Å². The molecule has 3 atom stereocenters. The van der Waals surface area contributed by atoms with Crippen LogP contribution in [0.4, 0.5) is 0 Å². The lowest BCUT2D eigenvalue weighted by molar-refractivity contribution is 0.131. The number of piperidine rings is 3. The van der Waals surface area contributed by atoms with Crippen molar-refractivity contribution in [2.45, 2.75) is 183 Å². The summed E-state index contributed by atoms with van der Waals surface area (Å²) in [5.74, 6) is 0. The summed E-state index contributed by atoms with van der Waals surface area (Å²) in [6.07, 6.45) is 20.7. The van der Waals surface area contributed by atoms with Crippen molar-refractivity contribution in [3.8, 4) is 0 Å². The van der Waals surface area contributed by atoms with Crippen LogP contribution < -0.4 is 0 Å². The second-order valence-electron chi connectivity index (χ2n) is 14.7. The van der Waals surface area contributed by atoms with Gasteiger partial charge in [-0.1, -0.05) is 178 Å². The summed E-state index contributed by atoms with van der Waals surface area (Å²) in [5, 5.41) is 0. The Labute approximate surface area is 323 Å². The zero-order valence-corrected chi connectivity index (χ0v) is 35.1. The average molecular weight is 712 g/mol. The second kappa shape index (κ2) is 29.9. The molecule has 0 saturated carbocycles. The van der Waals surface area contributed by atoms with Crippen LogP contribution in [0.5, 0.6) is 0 Å². The summed E-state index contributed by atoms with van der Waals surface area (Å²) in [7, 11) is 0. The minimum absolute atomic E-state index is 0.832. The van der Waals surface area contributed by atoms with Crippen molar-refractivity contribution >= 4 is 0 Å². The molecule has 3 saturated heterocycles. The van der Waals surface area contributed by atoms with E-state index in [-0.39, 0.29) is 0 Å². The molecule has 0 N–H and O–H groups in total. The molecule has 3 fully saturated rings. The Balaban J connectivity index is 0.000000257. The largest absolute Gasteiger partial charge is 0.296 e. The standard InChI is InChI=1S/3C15H23N.2C2H6/c3*1-2-8-15-11-6-7-12-16(15)13-14-9-4-3-5-10-14;2*1-2/h3*3-5,9-10,15H,2,6-8,11-13H2,1H3;2*1-2H3. The highest BCUT2D eigenvalue weighted by Crippen LogP contribution is 2.25. The third kappa shape index (κ3) is 18.0. The van der Waals surface area contributed by atoms with Gasteiger partial charge in [-0.25, -0.2) is 0 Å². The molecule has 3 unspecified atom stereocenters. The maximum Gasteiger partial charge on any atom is 0.0236 e. The molecule has 3 aromatic carbocycles. The normalized spacial score (nSPS) is 20.7. The Morgan fingerprint density at radius 1 is 0.385 bits per heavy atom. The molecule has 0 amide bonds. The Bertz CT molecular complexity index is 1030. The van der Waals surface area contributed by atoms with Crippen LogP contribution in [0.2, 0.25) is 0 Å². The highest BCUT2D eigenvalue weighted by molar-refractivity contribution is 5.16. The Morgan fingerprint density at radius 2 is 0.635 bits per heavy atom. The monoisotopic (exact) mass is 712 g/mol. The molecule has 0 bridgehead atoms. The van der Waals surface area contributed by atoms with Crippen LogP contribution in [0.3, 0.4) is 0 Å². The molecule has 3 aromatic rings. The van der Waals surface area contributed by atoms with E-state index < -0.39 is 0 Å². The molecule has 0 spiro atoms. The van der Waals surface area contributed by atoms with Gasteiger partial charge in [0, 0.05) is 37.8 Å². The summed E-state index contributed by atoms with van der Waals surface area (Å²) in [4.78, 5) is 8.05. The summed E-state index contributed by atoms with van der Waals surface area (Å²) in [5.41, 5.74) is 4.39. The zero-order valence-electron chi connectivity index (χ0n) is 35.1. The van der Waals surface area contributed by atoms with Crippen molar-refractivity contribution in [2.75, 3.05) is 19.6 Å². The molecular weight excluding hydrogens is 631 g/mol. The van der Waals surface area contributed by atoms with Crippen molar-refractivity contribution in [1.29, 1.82) is 0 Å². The predicted octanol–water partition coefficient (Wildman–Crippen LogP) is 13.6. The van der Waals surface area contributed by atoms with Crippen molar-refractivity contribution < 1.29 is 0 Å². The summed E-state index contributed by atoms with van der Waals surface area (Å²) < 4.78 is 0. The van der Waals surface area contributed by atoms with Gasteiger partial charge < -0.3 is 0 Å². The number of nitrogens with zero attached hydrogens (tertiary/aromatic N) is 3. The van der Waals surface area contributed by atoms with E-state index >= 15 is 0 Å². The highest BCUT2D eigenvalue weighted by Gasteiger charge is 2.23. The van der Waals surface area contributed by atoms with E-state index in [4.69, 9.17) is 0 Å². The topological polar surface area (TPSA) is 9.72 Å². The van der Waals surface area contributed by atoms with E-state index in [9.17, 15) is 0 Å². The molecular formula is C49H81N3. The molecule has 0 aliphatic carbocycles. The maximum absolute atomic E-state index is 2.68. The first-order valence-electron chi connectivity index (χ1n) is 22.0. The molecule has 3 heteroatoms. The van der Waals surface area contributed by atoms with Gasteiger partial charge in [-0.15, -0.1) is 0 Å². The maximum atomic E-state index is 2.68. The van der Waals surface area contributed by atoms with Gasteiger partial charge in [0.25, 0.3) is 0 Å². The SMILES string of the molecule is CC.CC.CCCC1CCCCN1Cc1ccccc1.CCCC1CCCCN1Cc1ccccc1.CCCC1CCCCN1Cc1ccccc1. The van der Waals surface area contributed by atoms with Crippen molar-refractivity contribution in [1.82, 2.24) is 14.7 Å². The van der Waals surface area contributed by atoms with E-state index in [2.05, 4.69) is 126 Å². The van der Waals surface area contributed by atoms with Crippen LogP contribution in [0.25, 0.3) is 0 Å². The van der Waals surface area contributed by atoms with E-state index in [1.54, 1.807) is 0 Å². The van der Waals surface area contributed by atoms with Crippen LogP contribution in [0.1, 0.15) is 161 Å². The van der Waals surface area contributed by atoms with Gasteiger partial charge in [-0.2, -0.15) is 0 Å². The number of rotatable bonds is 12. The van der Waals surface area contributed by atoms with Crippen LogP contribution in [-0.2, 0) is 19.6 Å². The quantitative estimate of drug-likeness (QED) is 0.185. The molecule has 3 nitrogen and oxygen atoms in total. The number of hydrogen-bond acceptors (Lipinski definition) is 3. The molecule has 0 radical (unpaired) electrons. The molecule has 0 aromatic heterocycles. The van der Waals surface area contributed by atoms with Crippen LogP contribution >= 0.6 is 0 Å². The fraction of sp³-hybridized carbons (Fsp3) is 0.633. The van der Waals surface area contributed by atoms with E-state index in [0.29, 0.717) is 0 Å². The fourth-order valence-corrected chi connectivity index (χ4v) is 8.24. The van der Waals surface area contributed by atoms with Crippen molar-refractivity contribution in [2.24, 2.45) is 0 Å².